The maximum atomic E-state index is 13.7. The zero-order valence-electron chi connectivity index (χ0n) is 19.3. The van der Waals surface area contributed by atoms with Gasteiger partial charge in [-0.1, -0.05) is 36.4 Å². The van der Waals surface area contributed by atoms with Gasteiger partial charge in [-0.2, -0.15) is 0 Å². The van der Waals surface area contributed by atoms with E-state index in [1.54, 1.807) is 17.0 Å². The summed E-state index contributed by atoms with van der Waals surface area (Å²) in [5.74, 6) is 0.592. The van der Waals surface area contributed by atoms with Gasteiger partial charge in [0.2, 0.25) is 5.76 Å². The van der Waals surface area contributed by atoms with Gasteiger partial charge >= 0.3 is 0 Å². The van der Waals surface area contributed by atoms with E-state index in [0.717, 1.165) is 24.2 Å². The molecule has 7 nitrogen and oxygen atoms in total. The predicted molar refractivity (Wildman–Crippen MR) is 129 cm³/mol. The first kappa shape index (κ1) is 22.4. The number of aryl methyl sites for hydroxylation is 1. The van der Waals surface area contributed by atoms with Crippen LogP contribution in [0.4, 0.5) is 0 Å². The molecule has 5 rings (SSSR count). The van der Waals surface area contributed by atoms with Crippen molar-refractivity contribution >= 4 is 16.9 Å². The van der Waals surface area contributed by atoms with Crippen LogP contribution in [0.25, 0.3) is 11.0 Å². The van der Waals surface area contributed by atoms with E-state index in [9.17, 15) is 9.59 Å². The Hall–Kier alpha value is -3.42. The smallest absolute Gasteiger partial charge is 0.290 e. The summed E-state index contributed by atoms with van der Waals surface area (Å²) in [5, 5.41) is 0.498. The minimum Gasteiger partial charge on any atom is -0.490 e. The van der Waals surface area contributed by atoms with Gasteiger partial charge in [-0.15, -0.1) is 0 Å². The molecule has 2 aromatic carbocycles. The lowest BCUT2D eigenvalue weighted by atomic mass is 9.98. The molecule has 3 aromatic rings. The Bertz CT molecular complexity index is 1270. The van der Waals surface area contributed by atoms with Crippen molar-refractivity contribution in [1.29, 1.82) is 0 Å². The van der Waals surface area contributed by atoms with Gasteiger partial charge in [-0.25, -0.2) is 0 Å². The molecule has 0 spiro atoms. The van der Waals surface area contributed by atoms with Crippen molar-refractivity contribution in [3.8, 4) is 5.75 Å². The second-order valence-electron chi connectivity index (χ2n) is 8.70. The van der Waals surface area contributed by atoms with Gasteiger partial charge < -0.3 is 18.8 Å². The molecule has 3 heterocycles. The van der Waals surface area contributed by atoms with Gasteiger partial charge in [0, 0.05) is 26.2 Å². The van der Waals surface area contributed by atoms with Gasteiger partial charge in [0.1, 0.15) is 17.9 Å². The monoisotopic (exact) mass is 460 g/mol. The lowest BCUT2D eigenvalue weighted by molar-refractivity contribution is 0.0314. The van der Waals surface area contributed by atoms with Crippen LogP contribution in [0.15, 0.2) is 64.3 Å². The van der Waals surface area contributed by atoms with E-state index in [2.05, 4.69) is 11.5 Å². The first-order valence-corrected chi connectivity index (χ1v) is 11.6. The average molecular weight is 461 g/mol. The maximum absolute atomic E-state index is 13.7. The van der Waals surface area contributed by atoms with Crippen molar-refractivity contribution < 1.29 is 18.7 Å². The number of carbonyl (C=O) groups excluding carboxylic acids is 1. The highest BCUT2D eigenvalue weighted by molar-refractivity contribution is 5.99. The van der Waals surface area contributed by atoms with E-state index >= 15 is 0 Å². The normalized spacial score (nSPS) is 18.3. The summed E-state index contributed by atoms with van der Waals surface area (Å²) in [7, 11) is 0. The summed E-state index contributed by atoms with van der Waals surface area (Å²) in [6, 6.07) is 12.5. The number of rotatable bonds is 7. The van der Waals surface area contributed by atoms with Crippen molar-refractivity contribution in [3.05, 3.63) is 87.8 Å². The summed E-state index contributed by atoms with van der Waals surface area (Å²) in [5.41, 5.74) is 2.50. The van der Waals surface area contributed by atoms with Crippen molar-refractivity contribution in [3.63, 3.8) is 0 Å². The lowest BCUT2D eigenvalue weighted by Crippen LogP contribution is -2.42. The maximum Gasteiger partial charge on any atom is 0.290 e. The molecule has 1 atom stereocenters. The molecule has 176 valence electrons. The van der Waals surface area contributed by atoms with Gasteiger partial charge in [0.25, 0.3) is 5.91 Å². The van der Waals surface area contributed by atoms with Crippen molar-refractivity contribution in [2.45, 2.75) is 13.0 Å². The summed E-state index contributed by atoms with van der Waals surface area (Å²) < 4.78 is 17.1. The molecular formula is C27H28N2O5. The van der Waals surface area contributed by atoms with Crippen LogP contribution in [0, 0.1) is 6.92 Å². The van der Waals surface area contributed by atoms with Crippen molar-refractivity contribution in [2.75, 3.05) is 46.0 Å². The Morgan fingerprint density at radius 2 is 1.85 bits per heavy atom. The molecule has 0 N–H and O–H groups in total. The predicted octanol–water partition coefficient (Wildman–Crippen LogP) is 3.54. The van der Waals surface area contributed by atoms with Crippen LogP contribution < -0.4 is 10.2 Å². The fraction of sp³-hybridized carbons (Fsp3) is 0.333. The van der Waals surface area contributed by atoms with E-state index in [-0.39, 0.29) is 17.1 Å². The molecule has 0 bridgehead atoms. The summed E-state index contributed by atoms with van der Waals surface area (Å²) >= 11 is 0. The van der Waals surface area contributed by atoms with E-state index in [4.69, 9.17) is 13.9 Å². The van der Waals surface area contributed by atoms with Gasteiger partial charge in [0.15, 0.2) is 5.43 Å². The minimum absolute atomic E-state index is 0.139. The fourth-order valence-electron chi connectivity index (χ4n) is 4.69. The number of benzene rings is 2. The fourth-order valence-corrected chi connectivity index (χ4v) is 4.69. The first-order chi connectivity index (χ1) is 16.6. The number of hydrogen-bond acceptors (Lipinski definition) is 6. The van der Waals surface area contributed by atoms with Crippen LogP contribution in [0.3, 0.4) is 0 Å². The molecule has 2 aliphatic rings. The zero-order chi connectivity index (χ0) is 23.7. The van der Waals surface area contributed by atoms with Crippen LogP contribution in [0.2, 0.25) is 0 Å². The van der Waals surface area contributed by atoms with Crippen LogP contribution in [0.1, 0.15) is 33.3 Å². The molecule has 0 saturated carbocycles. The summed E-state index contributed by atoms with van der Waals surface area (Å²) in [6.45, 7) is 10.2. The van der Waals surface area contributed by atoms with Crippen LogP contribution >= 0.6 is 0 Å². The van der Waals surface area contributed by atoms with Crippen molar-refractivity contribution in [2.24, 2.45) is 0 Å². The van der Waals surface area contributed by atoms with Gasteiger partial charge in [0.05, 0.1) is 30.2 Å². The van der Waals surface area contributed by atoms with E-state index < -0.39 is 6.04 Å². The third-order valence-corrected chi connectivity index (χ3v) is 6.45. The average Bonchev–Trinajstić information content (AvgIpc) is 3.14. The Labute approximate surface area is 198 Å². The highest BCUT2D eigenvalue weighted by atomic mass is 16.5. The molecule has 0 unspecified atom stereocenters. The largest absolute Gasteiger partial charge is 0.490 e. The Kier molecular flexibility index (Phi) is 6.22. The van der Waals surface area contributed by atoms with Crippen LogP contribution in [0.5, 0.6) is 5.75 Å². The Balaban J connectivity index is 1.56. The number of fused-ring (bicyclic) bond motifs is 2. The molecule has 1 aromatic heterocycles. The number of hydrogen-bond donors (Lipinski definition) is 0. The molecule has 1 fully saturated rings. The first-order valence-electron chi connectivity index (χ1n) is 11.6. The molecule has 7 heteroatoms. The Morgan fingerprint density at radius 1 is 1.09 bits per heavy atom. The quantitative estimate of drug-likeness (QED) is 0.502. The van der Waals surface area contributed by atoms with Gasteiger partial charge in [-0.05, 0) is 36.8 Å². The molecule has 34 heavy (non-hydrogen) atoms. The highest BCUT2D eigenvalue weighted by Crippen LogP contribution is 2.38. The van der Waals surface area contributed by atoms with Gasteiger partial charge in [-0.3, -0.25) is 14.5 Å². The number of amides is 1. The molecule has 2 aliphatic heterocycles. The Morgan fingerprint density at radius 3 is 2.59 bits per heavy atom. The molecule has 1 saturated heterocycles. The number of ether oxygens (including phenoxy) is 2. The third-order valence-electron chi connectivity index (χ3n) is 6.45. The number of carbonyl (C=O) groups is 1. The lowest BCUT2D eigenvalue weighted by Gasteiger charge is -2.31. The minimum atomic E-state index is -0.516. The standard InChI is InChI=1S/C27H28N2O5/c1-3-14-33-20-7-5-19(6-8-20)24-23-25(30)21-17-18(2)4-9-22(21)34-26(23)27(31)29(24)11-10-28-12-15-32-16-13-28/h3-9,17,24H,1,10-16H2,2H3/t24-/m1/s1. The summed E-state index contributed by atoms with van der Waals surface area (Å²) in [6.07, 6.45) is 1.69. The molecular weight excluding hydrogens is 432 g/mol. The second-order valence-corrected chi connectivity index (χ2v) is 8.70. The number of nitrogens with zero attached hydrogens (tertiary/aromatic N) is 2. The van der Waals surface area contributed by atoms with Crippen LogP contribution in [-0.2, 0) is 4.74 Å². The third kappa shape index (κ3) is 4.13. The number of morpholine rings is 1. The topological polar surface area (TPSA) is 72.2 Å². The molecule has 0 aliphatic carbocycles. The zero-order valence-corrected chi connectivity index (χ0v) is 19.3. The van der Waals surface area contributed by atoms with E-state index in [1.165, 1.54) is 0 Å². The highest BCUT2D eigenvalue weighted by Gasteiger charge is 2.42. The molecule has 1 amide bonds. The molecule has 0 radical (unpaired) electrons. The second kappa shape index (κ2) is 9.44. The van der Waals surface area contributed by atoms with E-state index in [1.807, 2.05) is 43.3 Å². The SMILES string of the molecule is C=CCOc1ccc([C@@H]2c3c(oc4ccc(C)cc4c3=O)C(=O)N2CCN2CCOCC2)cc1. The summed E-state index contributed by atoms with van der Waals surface area (Å²) in [4.78, 5) is 31.2. The van der Waals surface area contributed by atoms with Crippen molar-refractivity contribution in [1.82, 2.24) is 9.80 Å². The van der Waals surface area contributed by atoms with Crippen LogP contribution in [-0.4, -0.2) is 61.7 Å². The van der Waals surface area contributed by atoms with E-state index in [0.29, 0.717) is 55.2 Å².